The van der Waals surface area contributed by atoms with Gasteiger partial charge in [0.25, 0.3) is 0 Å². The van der Waals surface area contributed by atoms with E-state index in [0.717, 1.165) is 55.6 Å². The number of benzene rings is 2. The van der Waals surface area contributed by atoms with Gasteiger partial charge in [0.15, 0.2) is 0 Å². The molecule has 2 aromatic carbocycles. The molecule has 246 valence electrons. The van der Waals surface area contributed by atoms with Gasteiger partial charge in [-0.15, -0.1) is 11.8 Å². The number of thioether (sulfide) groups is 1. The Morgan fingerprint density at radius 3 is 2.00 bits per heavy atom. The number of aromatic hydroxyl groups is 2. The number of hydrogen-bond acceptors (Lipinski definition) is 4. The predicted molar refractivity (Wildman–Crippen MR) is 164 cm³/mol. The Morgan fingerprint density at radius 2 is 1.41 bits per heavy atom. The standard InChI is InChI=1S/C34H45F5O4S/c1-3-32(30(42)43,20-11-21-33(35,36)34(37,38)39)19-10-8-6-4-5-7-9-12-28-27-18-17-26(41)22-29(27)44-23-31(28,2)24-13-15-25(40)16-14-24/h13-18,22,28,40-41H,3-12,19-21,23H2,1-2H3,(H,42,43)/t28-,31-,32?/m1/s1. The van der Waals surface area contributed by atoms with Crippen molar-refractivity contribution >= 4 is 17.7 Å². The molecular formula is C34H45F5O4S. The molecule has 3 N–H and O–H groups in total. The van der Waals surface area contributed by atoms with Crippen molar-refractivity contribution in [2.24, 2.45) is 5.41 Å². The zero-order chi connectivity index (χ0) is 32.6. The molecule has 3 atom stereocenters. The van der Waals surface area contributed by atoms with Crippen LogP contribution >= 0.6 is 11.8 Å². The van der Waals surface area contributed by atoms with Crippen molar-refractivity contribution < 1.29 is 42.1 Å². The maximum absolute atomic E-state index is 13.3. The average Bonchev–Trinajstić information content (AvgIpc) is 2.95. The first-order chi connectivity index (χ1) is 20.6. The number of carbonyl (C=O) groups is 1. The lowest BCUT2D eigenvalue weighted by Gasteiger charge is -2.43. The molecule has 4 nitrogen and oxygen atoms in total. The molecule has 0 saturated carbocycles. The van der Waals surface area contributed by atoms with Crippen LogP contribution in [0.25, 0.3) is 0 Å². The summed E-state index contributed by atoms with van der Waals surface area (Å²) in [4.78, 5) is 13.1. The third-order valence-electron chi connectivity index (χ3n) is 9.54. The second kappa shape index (κ2) is 15.2. The Hall–Kier alpha value is -2.49. The predicted octanol–water partition coefficient (Wildman–Crippen LogP) is 10.6. The molecule has 1 aliphatic heterocycles. The van der Waals surface area contributed by atoms with E-state index in [1.165, 1.54) is 11.1 Å². The lowest BCUT2D eigenvalue weighted by atomic mass is 9.68. The highest BCUT2D eigenvalue weighted by molar-refractivity contribution is 7.99. The first-order valence-electron chi connectivity index (χ1n) is 15.6. The molecule has 3 rings (SSSR count). The number of phenolic OH excluding ortho intramolecular Hbond substituents is 2. The molecule has 1 heterocycles. The number of fused-ring (bicyclic) bond motifs is 1. The van der Waals surface area contributed by atoms with Gasteiger partial charge in [-0.2, -0.15) is 22.0 Å². The number of carboxylic acid groups (broad SMARTS) is 1. The van der Waals surface area contributed by atoms with Gasteiger partial charge in [-0.1, -0.05) is 77.0 Å². The third-order valence-corrected chi connectivity index (χ3v) is 10.9. The Kier molecular flexibility index (Phi) is 12.4. The molecule has 0 saturated heterocycles. The van der Waals surface area contributed by atoms with Crippen LogP contribution in [0.2, 0.25) is 0 Å². The number of phenols is 2. The van der Waals surface area contributed by atoms with Gasteiger partial charge in [-0.05, 0) is 73.4 Å². The molecule has 1 unspecified atom stereocenters. The molecule has 2 aromatic rings. The molecule has 1 aliphatic rings. The average molecular weight is 645 g/mol. The van der Waals surface area contributed by atoms with E-state index < -0.39 is 36.3 Å². The SMILES string of the molecule is CCC(CCCCCCCCC[C@@H]1c2ccc(O)cc2SC[C@]1(C)c1ccc(O)cc1)(CCCC(F)(F)C(F)(F)F)C(=O)O. The highest BCUT2D eigenvalue weighted by atomic mass is 32.2. The molecule has 0 fully saturated rings. The summed E-state index contributed by atoms with van der Waals surface area (Å²) in [5.41, 5.74) is 0.984. The van der Waals surface area contributed by atoms with Crippen LogP contribution in [0.3, 0.4) is 0 Å². The Balaban J connectivity index is 1.46. The summed E-state index contributed by atoms with van der Waals surface area (Å²) in [5.74, 6) is -4.34. The van der Waals surface area contributed by atoms with E-state index in [1.807, 2.05) is 24.3 Å². The van der Waals surface area contributed by atoms with Crippen LogP contribution in [0.5, 0.6) is 11.5 Å². The Morgan fingerprint density at radius 1 is 0.841 bits per heavy atom. The fraction of sp³-hybridized carbons (Fsp3) is 0.618. The summed E-state index contributed by atoms with van der Waals surface area (Å²) in [6, 6.07) is 13.0. The summed E-state index contributed by atoms with van der Waals surface area (Å²) in [6.07, 6.45) is 0.0244. The molecule has 0 bridgehead atoms. The zero-order valence-corrected chi connectivity index (χ0v) is 26.4. The minimum Gasteiger partial charge on any atom is -0.508 e. The number of hydrogen-bond donors (Lipinski definition) is 3. The number of carboxylic acids is 1. The van der Waals surface area contributed by atoms with Gasteiger partial charge < -0.3 is 15.3 Å². The number of rotatable bonds is 17. The molecule has 0 aliphatic carbocycles. The first kappa shape index (κ1) is 36.0. The third kappa shape index (κ3) is 8.82. The monoisotopic (exact) mass is 644 g/mol. The van der Waals surface area contributed by atoms with Crippen molar-refractivity contribution in [1.29, 1.82) is 0 Å². The van der Waals surface area contributed by atoms with E-state index in [2.05, 4.69) is 6.92 Å². The van der Waals surface area contributed by atoms with Crippen molar-refractivity contribution in [3.63, 3.8) is 0 Å². The summed E-state index contributed by atoms with van der Waals surface area (Å²) in [7, 11) is 0. The quantitative estimate of drug-likeness (QED) is 0.118. The van der Waals surface area contributed by atoms with Crippen LogP contribution in [-0.2, 0) is 10.2 Å². The summed E-state index contributed by atoms with van der Waals surface area (Å²) >= 11 is 1.74. The highest BCUT2D eigenvalue weighted by Crippen LogP contribution is 2.52. The Bertz CT molecular complexity index is 1220. The summed E-state index contributed by atoms with van der Waals surface area (Å²) in [5, 5.41) is 29.6. The molecular weight excluding hydrogens is 599 g/mol. The van der Waals surface area contributed by atoms with Crippen LogP contribution in [0.15, 0.2) is 47.4 Å². The van der Waals surface area contributed by atoms with Crippen molar-refractivity contribution in [2.45, 2.75) is 126 Å². The van der Waals surface area contributed by atoms with Gasteiger partial charge >= 0.3 is 18.1 Å². The molecule has 0 aromatic heterocycles. The second-order valence-electron chi connectivity index (χ2n) is 12.5. The lowest BCUT2D eigenvalue weighted by Crippen LogP contribution is -2.37. The molecule has 10 heteroatoms. The van der Waals surface area contributed by atoms with E-state index in [9.17, 15) is 42.1 Å². The van der Waals surface area contributed by atoms with Gasteiger partial charge in [-0.3, -0.25) is 4.79 Å². The topological polar surface area (TPSA) is 77.8 Å². The molecule has 44 heavy (non-hydrogen) atoms. The van der Waals surface area contributed by atoms with Gasteiger partial charge in [0.1, 0.15) is 11.5 Å². The van der Waals surface area contributed by atoms with Crippen LogP contribution in [0.4, 0.5) is 22.0 Å². The fourth-order valence-corrected chi connectivity index (χ4v) is 7.94. The largest absolute Gasteiger partial charge is 0.508 e. The molecule has 0 spiro atoms. The highest BCUT2D eigenvalue weighted by Gasteiger charge is 2.56. The normalized spacial score (nSPS) is 20.2. The number of halogens is 5. The first-order valence-corrected chi connectivity index (χ1v) is 16.6. The maximum Gasteiger partial charge on any atom is 0.453 e. The number of unbranched alkanes of at least 4 members (excludes halogenated alkanes) is 6. The van der Waals surface area contributed by atoms with Crippen LogP contribution < -0.4 is 0 Å². The van der Waals surface area contributed by atoms with Crippen molar-refractivity contribution in [3.05, 3.63) is 53.6 Å². The van der Waals surface area contributed by atoms with E-state index in [1.54, 1.807) is 36.9 Å². The Labute approximate surface area is 261 Å². The van der Waals surface area contributed by atoms with Gasteiger partial charge in [0, 0.05) is 22.5 Å². The van der Waals surface area contributed by atoms with Crippen molar-refractivity contribution in [1.82, 2.24) is 0 Å². The van der Waals surface area contributed by atoms with E-state index in [4.69, 9.17) is 0 Å². The van der Waals surface area contributed by atoms with Crippen molar-refractivity contribution in [2.75, 3.05) is 5.75 Å². The van der Waals surface area contributed by atoms with Gasteiger partial charge in [0.2, 0.25) is 0 Å². The molecule has 0 radical (unpaired) electrons. The van der Waals surface area contributed by atoms with Crippen LogP contribution in [0, 0.1) is 5.41 Å². The van der Waals surface area contributed by atoms with E-state index in [-0.39, 0.29) is 42.1 Å². The van der Waals surface area contributed by atoms with Crippen molar-refractivity contribution in [3.8, 4) is 11.5 Å². The number of alkyl halides is 5. The van der Waals surface area contributed by atoms with Gasteiger partial charge in [0.05, 0.1) is 5.41 Å². The smallest absolute Gasteiger partial charge is 0.453 e. The fourth-order valence-electron chi connectivity index (χ4n) is 6.54. The minimum absolute atomic E-state index is 0.138. The van der Waals surface area contributed by atoms with Gasteiger partial charge in [-0.25, -0.2) is 0 Å². The maximum atomic E-state index is 13.3. The second-order valence-corrected chi connectivity index (χ2v) is 13.6. The minimum atomic E-state index is -5.62. The molecule has 0 amide bonds. The number of aliphatic carboxylic acids is 1. The summed E-state index contributed by atoms with van der Waals surface area (Å²) < 4.78 is 64.1. The van der Waals surface area contributed by atoms with Crippen LogP contribution in [-0.4, -0.2) is 39.1 Å². The van der Waals surface area contributed by atoms with E-state index >= 15 is 0 Å². The van der Waals surface area contributed by atoms with Crippen LogP contribution in [0.1, 0.15) is 114 Å². The summed E-state index contributed by atoms with van der Waals surface area (Å²) in [6.45, 7) is 3.91. The zero-order valence-electron chi connectivity index (χ0n) is 25.6. The van der Waals surface area contributed by atoms with E-state index in [0.29, 0.717) is 6.42 Å². The lowest BCUT2D eigenvalue weighted by molar-refractivity contribution is -0.284.